The van der Waals surface area contributed by atoms with Crippen LogP contribution in [0.1, 0.15) is 95.9 Å². The normalized spacial score (nSPS) is 17.5. The number of fused-ring (bicyclic) bond motifs is 13. The van der Waals surface area contributed by atoms with Gasteiger partial charge in [-0.15, -0.1) is 0 Å². The maximum absolute atomic E-state index is 5.91. The van der Waals surface area contributed by atoms with E-state index in [1.54, 1.807) is 0 Å². The molecule has 0 radical (unpaired) electrons. The van der Waals surface area contributed by atoms with Crippen LogP contribution in [-0.4, -0.2) is 26.4 Å². The highest BCUT2D eigenvalue weighted by atomic mass is 16.5. The van der Waals surface area contributed by atoms with Crippen LogP contribution in [0.5, 0.6) is 0 Å². The number of benzene rings is 8. The molecule has 0 atom stereocenters. The third-order valence-corrected chi connectivity index (χ3v) is 15.9. The van der Waals surface area contributed by atoms with Crippen molar-refractivity contribution < 1.29 is 9.47 Å². The maximum atomic E-state index is 5.91. The molecule has 0 N–H and O–H groups in total. The van der Waals surface area contributed by atoms with E-state index in [4.69, 9.17) is 9.47 Å². The van der Waals surface area contributed by atoms with Gasteiger partial charge in [-0.3, -0.25) is 0 Å². The quantitative estimate of drug-likeness (QED) is 0.166. The number of rotatable bonds is 6. The first-order valence-electron chi connectivity index (χ1n) is 23.9. The lowest BCUT2D eigenvalue weighted by molar-refractivity contribution is 0.0852. The van der Waals surface area contributed by atoms with E-state index in [-0.39, 0.29) is 5.41 Å². The molecule has 3 aliphatic carbocycles. The average Bonchev–Trinajstić information content (AvgIpc) is 3.93. The van der Waals surface area contributed by atoms with Gasteiger partial charge in [-0.25, -0.2) is 0 Å². The van der Waals surface area contributed by atoms with Gasteiger partial charge in [0.2, 0.25) is 0 Å². The molecule has 65 heavy (non-hydrogen) atoms. The van der Waals surface area contributed by atoms with Gasteiger partial charge >= 0.3 is 0 Å². The molecule has 0 unspecified atom stereocenters. The summed E-state index contributed by atoms with van der Waals surface area (Å²) in [5, 5.41) is 0. The van der Waals surface area contributed by atoms with E-state index in [1.165, 1.54) is 94.7 Å². The highest BCUT2D eigenvalue weighted by Gasteiger charge is 2.53. The Balaban J connectivity index is 1.10. The lowest BCUT2D eigenvalue weighted by Crippen LogP contribution is -2.27. The number of para-hydroxylation sites is 1. The molecule has 0 bridgehead atoms. The Morgan fingerprint density at radius 1 is 0.400 bits per heavy atom. The molecule has 1 spiro atoms. The predicted molar refractivity (Wildman–Crippen MR) is 266 cm³/mol. The Labute approximate surface area is 383 Å². The van der Waals surface area contributed by atoms with Crippen LogP contribution in [0, 0.1) is 0 Å². The molecule has 2 heterocycles. The van der Waals surface area contributed by atoms with E-state index in [0.717, 1.165) is 63.5 Å². The molecule has 3 heteroatoms. The minimum Gasteiger partial charge on any atom is -0.381 e. The molecule has 2 fully saturated rings. The minimum absolute atomic E-state index is 0.149. The minimum atomic E-state index is -0.499. The second-order valence-electron chi connectivity index (χ2n) is 19.5. The standard InChI is InChI=1S/C62H53NO2/c1-61(2)52-18-9-6-16-47(52)48-28-25-45(39-55(48)61)63(58-21-11-8-15-46(58)42-13-4-3-5-14-42)59-22-12-20-54-60(59)51-17-7-10-19-53(51)62(54)56-37-43(40-29-33-64-34-30-40)23-26-49(56)50-27-24-44(38-57(50)62)41-31-35-65-36-32-41/h3-28,37-41H,29-36H2,1-2H3. The van der Waals surface area contributed by atoms with Crippen molar-refractivity contribution >= 4 is 17.1 Å². The van der Waals surface area contributed by atoms with Gasteiger partial charge in [-0.2, -0.15) is 0 Å². The molecule has 13 rings (SSSR count). The fraction of sp³-hybridized carbons (Fsp3) is 0.226. The van der Waals surface area contributed by atoms with Crippen molar-refractivity contribution in [3.63, 3.8) is 0 Å². The smallest absolute Gasteiger partial charge is 0.0726 e. The van der Waals surface area contributed by atoms with Gasteiger partial charge in [0.1, 0.15) is 0 Å². The monoisotopic (exact) mass is 843 g/mol. The molecule has 8 aromatic carbocycles. The van der Waals surface area contributed by atoms with Crippen molar-refractivity contribution in [3.8, 4) is 44.5 Å². The van der Waals surface area contributed by atoms with Crippen molar-refractivity contribution in [1.29, 1.82) is 0 Å². The fourth-order valence-electron chi connectivity index (χ4n) is 12.8. The third-order valence-electron chi connectivity index (χ3n) is 15.9. The van der Waals surface area contributed by atoms with E-state index >= 15 is 0 Å². The maximum Gasteiger partial charge on any atom is 0.0726 e. The third kappa shape index (κ3) is 5.75. The molecule has 2 saturated heterocycles. The van der Waals surface area contributed by atoms with Gasteiger partial charge < -0.3 is 14.4 Å². The molecule has 8 aromatic rings. The first-order valence-corrected chi connectivity index (χ1v) is 23.9. The summed E-state index contributed by atoms with van der Waals surface area (Å²) in [6.07, 6.45) is 4.23. The van der Waals surface area contributed by atoms with E-state index in [1.807, 2.05) is 0 Å². The van der Waals surface area contributed by atoms with E-state index in [0.29, 0.717) is 11.8 Å². The largest absolute Gasteiger partial charge is 0.381 e. The predicted octanol–water partition coefficient (Wildman–Crippen LogP) is 15.3. The van der Waals surface area contributed by atoms with Crippen molar-refractivity contribution in [3.05, 3.63) is 220 Å². The average molecular weight is 844 g/mol. The summed E-state index contributed by atoms with van der Waals surface area (Å²) in [5.41, 5.74) is 24.4. The molecule has 2 aliphatic heterocycles. The summed E-state index contributed by atoms with van der Waals surface area (Å²) in [6, 6.07) is 67.7. The zero-order valence-corrected chi connectivity index (χ0v) is 37.3. The number of ether oxygens (including phenoxy) is 2. The summed E-state index contributed by atoms with van der Waals surface area (Å²) in [7, 11) is 0. The first kappa shape index (κ1) is 38.9. The van der Waals surface area contributed by atoms with Crippen LogP contribution in [0.25, 0.3) is 44.5 Å². The van der Waals surface area contributed by atoms with E-state index < -0.39 is 5.41 Å². The molecular formula is C62H53NO2. The zero-order valence-electron chi connectivity index (χ0n) is 37.3. The van der Waals surface area contributed by atoms with Gasteiger partial charge in [-0.1, -0.05) is 166 Å². The molecular weight excluding hydrogens is 791 g/mol. The van der Waals surface area contributed by atoms with E-state index in [2.05, 4.69) is 195 Å². The van der Waals surface area contributed by atoms with Crippen molar-refractivity contribution in [1.82, 2.24) is 0 Å². The van der Waals surface area contributed by atoms with Crippen LogP contribution in [0.2, 0.25) is 0 Å². The fourth-order valence-corrected chi connectivity index (χ4v) is 12.8. The molecule has 5 aliphatic rings. The summed E-state index contributed by atoms with van der Waals surface area (Å²) < 4.78 is 11.8. The number of nitrogens with zero attached hydrogens (tertiary/aromatic N) is 1. The van der Waals surface area contributed by atoms with Gasteiger partial charge in [0, 0.05) is 48.7 Å². The summed E-state index contributed by atoms with van der Waals surface area (Å²) in [4.78, 5) is 2.59. The summed E-state index contributed by atoms with van der Waals surface area (Å²) in [6.45, 7) is 8.07. The van der Waals surface area contributed by atoms with E-state index in [9.17, 15) is 0 Å². The lowest BCUT2D eigenvalue weighted by Gasteiger charge is -2.34. The summed E-state index contributed by atoms with van der Waals surface area (Å²) in [5.74, 6) is 0.963. The van der Waals surface area contributed by atoms with Crippen molar-refractivity contribution in [2.24, 2.45) is 0 Å². The Hall–Kier alpha value is -6.52. The Bertz CT molecular complexity index is 3100. The van der Waals surface area contributed by atoms with Gasteiger partial charge in [-0.05, 0) is 140 Å². The topological polar surface area (TPSA) is 21.7 Å². The Morgan fingerprint density at radius 3 is 1.58 bits per heavy atom. The zero-order chi connectivity index (χ0) is 43.3. The highest BCUT2D eigenvalue weighted by molar-refractivity contribution is 6.03. The Morgan fingerprint density at radius 2 is 0.908 bits per heavy atom. The Kier molecular flexibility index (Phi) is 8.99. The van der Waals surface area contributed by atoms with Crippen LogP contribution in [0.15, 0.2) is 176 Å². The lowest BCUT2D eigenvalue weighted by atomic mass is 9.69. The van der Waals surface area contributed by atoms with Gasteiger partial charge in [0.05, 0.1) is 16.8 Å². The molecule has 318 valence electrons. The first-order chi connectivity index (χ1) is 32.0. The highest BCUT2D eigenvalue weighted by Crippen LogP contribution is 2.66. The molecule has 0 aromatic heterocycles. The van der Waals surface area contributed by atoms with Crippen LogP contribution < -0.4 is 4.90 Å². The van der Waals surface area contributed by atoms with Gasteiger partial charge in [0.15, 0.2) is 0 Å². The second-order valence-corrected chi connectivity index (χ2v) is 19.5. The molecule has 0 amide bonds. The number of hydrogen-bond acceptors (Lipinski definition) is 3. The summed E-state index contributed by atoms with van der Waals surface area (Å²) >= 11 is 0. The van der Waals surface area contributed by atoms with Crippen molar-refractivity contribution in [2.75, 3.05) is 31.3 Å². The second kappa shape index (κ2) is 15.0. The van der Waals surface area contributed by atoms with Crippen LogP contribution in [0.4, 0.5) is 17.1 Å². The van der Waals surface area contributed by atoms with Crippen LogP contribution in [0.3, 0.4) is 0 Å². The van der Waals surface area contributed by atoms with Crippen LogP contribution >= 0.6 is 0 Å². The van der Waals surface area contributed by atoms with Crippen LogP contribution in [-0.2, 0) is 20.3 Å². The SMILES string of the molecule is CC1(C)c2ccccc2-c2ccc(N(c3ccccc3-c3ccccc3)c3cccc4c3-c3ccccc3C43c4cc(C5CCOCC5)ccc4-c4ccc(C5CCOCC5)cc43)cc21. The number of hydrogen-bond donors (Lipinski definition) is 0. The van der Waals surface area contributed by atoms with Crippen molar-refractivity contribution in [2.45, 2.75) is 62.2 Å². The number of anilines is 3. The molecule has 0 saturated carbocycles. The van der Waals surface area contributed by atoms with Gasteiger partial charge in [0.25, 0.3) is 0 Å². The molecule has 3 nitrogen and oxygen atoms in total.